The zero-order valence-electron chi connectivity index (χ0n) is 14.3. The Morgan fingerprint density at radius 2 is 1.68 bits per heavy atom. The predicted octanol–water partition coefficient (Wildman–Crippen LogP) is 3.34. The van der Waals surface area contributed by atoms with Gasteiger partial charge in [-0.05, 0) is 42.0 Å². The van der Waals surface area contributed by atoms with Crippen LogP contribution in [0.1, 0.15) is 5.56 Å². The van der Waals surface area contributed by atoms with Gasteiger partial charge in [-0.3, -0.25) is 4.79 Å². The van der Waals surface area contributed by atoms with E-state index in [0.717, 1.165) is 10.9 Å². The number of carbonyl (C=O) groups excluding carboxylic acids is 1. The van der Waals surface area contributed by atoms with Crippen LogP contribution >= 0.6 is 0 Å². The predicted molar refractivity (Wildman–Crippen MR) is 93.7 cm³/mol. The summed E-state index contributed by atoms with van der Waals surface area (Å²) in [4.78, 5) is 15.4. The fourth-order valence-electron chi connectivity index (χ4n) is 2.67. The van der Waals surface area contributed by atoms with Gasteiger partial charge in [-0.1, -0.05) is 0 Å². The van der Waals surface area contributed by atoms with Crippen LogP contribution in [0, 0.1) is 0 Å². The van der Waals surface area contributed by atoms with Crippen molar-refractivity contribution in [2.75, 3.05) is 21.3 Å². The number of hydrogen-bond acceptors (Lipinski definition) is 5. The van der Waals surface area contributed by atoms with Crippen molar-refractivity contribution in [3.05, 3.63) is 48.2 Å². The third-order valence-electron chi connectivity index (χ3n) is 3.83. The number of aromatic amines is 1. The Balaban J connectivity index is 1.77. The van der Waals surface area contributed by atoms with Crippen LogP contribution in [0.5, 0.6) is 23.0 Å². The highest BCUT2D eigenvalue weighted by Gasteiger charge is 2.16. The van der Waals surface area contributed by atoms with E-state index in [1.807, 2.05) is 24.4 Å². The zero-order valence-corrected chi connectivity index (χ0v) is 14.3. The molecule has 0 aliphatic rings. The minimum absolute atomic E-state index is 0.0852. The van der Waals surface area contributed by atoms with Crippen molar-refractivity contribution in [3.63, 3.8) is 0 Å². The van der Waals surface area contributed by atoms with Gasteiger partial charge in [0.05, 0.1) is 27.8 Å². The number of esters is 1. The van der Waals surface area contributed by atoms with E-state index >= 15 is 0 Å². The first-order chi connectivity index (χ1) is 12.1. The molecule has 0 fully saturated rings. The Hall–Kier alpha value is -3.15. The van der Waals surface area contributed by atoms with Crippen LogP contribution in [0.4, 0.5) is 0 Å². The second kappa shape index (κ2) is 7.17. The van der Waals surface area contributed by atoms with Gasteiger partial charge in [0, 0.05) is 17.1 Å². The van der Waals surface area contributed by atoms with E-state index in [2.05, 4.69) is 4.98 Å². The first-order valence-electron chi connectivity index (χ1n) is 7.71. The number of rotatable bonds is 6. The topological polar surface area (TPSA) is 69.8 Å². The van der Waals surface area contributed by atoms with Crippen molar-refractivity contribution in [3.8, 4) is 23.0 Å². The maximum atomic E-state index is 12.3. The maximum absolute atomic E-state index is 12.3. The number of methoxy groups -OCH3 is 3. The minimum atomic E-state index is -0.371. The number of H-pyrrole nitrogens is 1. The molecule has 0 unspecified atom stereocenters. The summed E-state index contributed by atoms with van der Waals surface area (Å²) >= 11 is 0. The summed E-state index contributed by atoms with van der Waals surface area (Å²) in [6, 6.07) is 10.8. The monoisotopic (exact) mass is 341 g/mol. The average Bonchev–Trinajstić information content (AvgIpc) is 3.08. The maximum Gasteiger partial charge on any atom is 0.315 e. The summed E-state index contributed by atoms with van der Waals surface area (Å²) in [5.74, 6) is 1.62. The van der Waals surface area contributed by atoms with E-state index in [1.165, 1.54) is 21.3 Å². The molecular weight excluding hydrogens is 322 g/mol. The molecule has 0 spiro atoms. The Labute approximate surface area is 145 Å². The number of carbonyl (C=O) groups is 1. The molecule has 2 aromatic carbocycles. The van der Waals surface area contributed by atoms with Crippen molar-refractivity contribution in [2.45, 2.75) is 6.42 Å². The quantitative estimate of drug-likeness (QED) is 0.550. The Morgan fingerprint density at radius 1 is 0.960 bits per heavy atom. The van der Waals surface area contributed by atoms with Crippen LogP contribution in [0.25, 0.3) is 10.9 Å². The fourth-order valence-corrected chi connectivity index (χ4v) is 2.67. The third kappa shape index (κ3) is 3.52. The van der Waals surface area contributed by atoms with Gasteiger partial charge in [-0.25, -0.2) is 0 Å². The standard InChI is InChI=1S/C19H19NO5/c1-22-16-8-12(9-17(23-2)19(16)24-3)10-18(21)25-14-4-5-15-13(11-14)6-7-20-15/h4-9,11,20H,10H2,1-3H3. The van der Waals surface area contributed by atoms with Gasteiger partial charge in [0.25, 0.3) is 0 Å². The van der Waals surface area contributed by atoms with E-state index in [-0.39, 0.29) is 12.4 Å². The fraction of sp³-hybridized carbons (Fsp3) is 0.211. The smallest absolute Gasteiger partial charge is 0.315 e. The van der Waals surface area contributed by atoms with Crippen LogP contribution in [-0.4, -0.2) is 32.3 Å². The summed E-state index contributed by atoms with van der Waals surface area (Å²) in [5.41, 5.74) is 1.70. The van der Waals surface area contributed by atoms with Crippen LogP contribution < -0.4 is 18.9 Å². The number of benzene rings is 2. The molecule has 0 aliphatic heterocycles. The highest BCUT2D eigenvalue weighted by Crippen LogP contribution is 2.38. The molecule has 3 rings (SSSR count). The molecule has 0 aliphatic carbocycles. The van der Waals surface area contributed by atoms with Crippen molar-refractivity contribution in [1.29, 1.82) is 0 Å². The molecular formula is C19H19NO5. The van der Waals surface area contributed by atoms with Crippen LogP contribution in [0.3, 0.4) is 0 Å². The summed E-state index contributed by atoms with van der Waals surface area (Å²) in [7, 11) is 4.60. The minimum Gasteiger partial charge on any atom is -0.493 e. The highest BCUT2D eigenvalue weighted by molar-refractivity contribution is 5.82. The van der Waals surface area contributed by atoms with Gasteiger partial charge in [0.15, 0.2) is 11.5 Å². The first-order valence-corrected chi connectivity index (χ1v) is 7.71. The van der Waals surface area contributed by atoms with Crippen LogP contribution in [0.2, 0.25) is 0 Å². The molecule has 1 N–H and O–H groups in total. The number of hydrogen-bond donors (Lipinski definition) is 1. The molecule has 0 saturated carbocycles. The van der Waals surface area contributed by atoms with Gasteiger partial charge < -0.3 is 23.9 Å². The lowest BCUT2D eigenvalue weighted by molar-refractivity contribution is -0.133. The zero-order chi connectivity index (χ0) is 17.8. The first kappa shape index (κ1) is 16.7. The number of nitrogens with one attached hydrogen (secondary N) is 1. The van der Waals surface area contributed by atoms with Gasteiger partial charge in [-0.2, -0.15) is 0 Å². The molecule has 3 aromatic rings. The van der Waals surface area contributed by atoms with Gasteiger partial charge >= 0.3 is 5.97 Å². The lowest BCUT2D eigenvalue weighted by Crippen LogP contribution is -2.11. The van der Waals surface area contributed by atoms with E-state index < -0.39 is 0 Å². The van der Waals surface area contributed by atoms with Gasteiger partial charge in [0.2, 0.25) is 5.75 Å². The average molecular weight is 341 g/mol. The van der Waals surface area contributed by atoms with E-state index in [0.29, 0.717) is 28.6 Å². The summed E-state index contributed by atoms with van der Waals surface area (Å²) in [6.45, 7) is 0. The van der Waals surface area contributed by atoms with E-state index in [4.69, 9.17) is 18.9 Å². The normalized spacial score (nSPS) is 10.5. The molecule has 130 valence electrons. The van der Waals surface area contributed by atoms with E-state index in [1.54, 1.807) is 18.2 Å². The lowest BCUT2D eigenvalue weighted by Gasteiger charge is -2.14. The number of aromatic nitrogens is 1. The molecule has 0 radical (unpaired) electrons. The molecule has 0 bridgehead atoms. The van der Waals surface area contributed by atoms with Gasteiger partial charge in [0.1, 0.15) is 5.75 Å². The Kier molecular flexibility index (Phi) is 4.79. The second-order valence-corrected chi connectivity index (χ2v) is 5.41. The Morgan fingerprint density at radius 3 is 2.32 bits per heavy atom. The van der Waals surface area contributed by atoms with Crippen molar-refractivity contribution >= 4 is 16.9 Å². The summed E-state index contributed by atoms with van der Waals surface area (Å²) in [6.07, 6.45) is 1.92. The molecule has 0 amide bonds. The van der Waals surface area contributed by atoms with Crippen molar-refractivity contribution < 1.29 is 23.7 Å². The summed E-state index contributed by atoms with van der Waals surface area (Å²) in [5, 5.41) is 0.984. The van der Waals surface area contributed by atoms with Gasteiger partial charge in [-0.15, -0.1) is 0 Å². The number of ether oxygens (including phenoxy) is 4. The van der Waals surface area contributed by atoms with Crippen molar-refractivity contribution in [1.82, 2.24) is 4.98 Å². The van der Waals surface area contributed by atoms with E-state index in [9.17, 15) is 4.79 Å². The second-order valence-electron chi connectivity index (χ2n) is 5.41. The summed E-state index contributed by atoms with van der Waals surface area (Å²) < 4.78 is 21.3. The molecule has 1 aromatic heterocycles. The molecule has 0 saturated heterocycles. The molecule has 6 nitrogen and oxygen atoms in total. The van der Waals surface area contributed by atoms with Crippen molar-refractivity contribution in [2.24, 2.45) is 0 Å². The number of fused-ring (bicyclic) bond motifs is 1. The largest absolute Gasteiger partial charge is 0.493 e. The van der Waals surface area contributed by atoms with Crippen LogP contribution in [0.15, 0.2) is 42.6 Å². The van der Waals surface area contributed by atoms with Crippen LogP contribution in [-0.2, 0) is 11.2 Å². The third-order valence-corrected chi connectivity index (χ3v) is 3.83. The molecule has 6 heteroatoms. The Bertz CT molecular complexity index is 875. The SMILES string of the molecule is COc1cc(CC(=O)Oc2ccc3[nH]ccc3c2)cc(OC)c1OC. The molecule has 25 heavy (non-hydrogen) atoms. The molecule has 0 atom stereocenters. The lowest BCUT2D eigenvalue weighted by atomic mass is 10.1. The highest BCUT2D eigenvalue weighted by atomic mass is 16.5. The molecule has 1 heterocycles.